The molecule has 0 aromatic heterocycles. The number of benzene rings is 1. The summed E-state index contributed by atoms with van der Waals surface area (Å²) in [5.74, 6) is 2.33. The Morgan fingerprint density at radius 2 is 1.85 bits per heavy atom. The molecular formula is C16H27NO2S. The predicted molar refractivity (Wildman–Crippen MR) is 86.8 cm³/mol. The third-order valence-corrected chi connectivity index (χ3v) is 4.46. The van der Waals surface area contributed by atoms with Crippen molar-refractivity contribution in [2.75, 3.05) is 18.1 Å². The number of hydrogen-bond donors (Lipinski definition) is 1. The molecule has 1 rings (SSSR count). The molecule has 0 aliphatic carbocycles. The molecular weight excluding hydrogens is 270 g/mol. The fraction of sp³-hybridized carbons (Fsp3) is 0.625. The second kappa shape index (κ2) is 9.14. The Bertz CT molecular complexity index is 403. The van der Waals surface area contributed by atoms with Crippen LogP contribution in [-0.4, -0.2) is 28.4 Å². The second-order valence-corrected chi connectivity index (χ2v) is 6.78. The maximum Gasteiger partial charge on any atom is 0.119 e. The Morgan fingerprint density at radius 3 is 2.35 bits per heavy atom. The summed E-state index contributed by atoms with van der Waals surface area (Å²) in [6, 6.07) is 8.26. The number of hydrogen-bond acceptors (Lipinski definition) is 3. The molecule has 0 radical (unpaired) electrons. The molecule has 4 heteroatoms. The first kappa shape index (κ1) is 17.2. The molecule has 3 nitrogen and oxygen atoms in total. The highest BCUT2D eigenvalue weighted by Crippen LogP contribution is 2.19. The van der Waals surface area contributed by atoms with E-state index in [0.29, 0.717) is 5.75 Å². The van der Waals surface area contributed by atoms with Gasteiger partial charge in [0.25, 0.3) is 0 Å². The van der Waals surface area contributed by atoms with E-state index in [0.717, 1.165) is 24.5 Å². The molecule has 0 saturated carbocycles. The van der Waals surface area contributed by atoms with Gasteiger partial charge in [0.05, 0.1) is 6.10 Å². The van der Waals surface area contributed by atoms with E-state index in [2.05, 4.69) is 31.3 Å². The van der Waals surface area contributed by atoms with Crippen molar-refractivity contribution in [1.82, 2.24) is 5.32 Å². The van der Waals surface area contributed by atoms with Crippen LogP contribution in [-0.2, 0) is 10.8 Å². The molecule has 2 atom stereocenters. The summed E-state index contributed by atoms with van der Waals surface area (Å²) in [5.41, 5.74) is 1.17. The van der Waals surface area contributed by atoms with Gasteiger partial charge in [-0.2, -0.15) is 0 Å². The standard InChI is InChI=1S/C16H27NO2S/c1-5-11-20(18)12-16(17-6-2)14-7-9-15(10-8-14)19-13(3)4/h7-10,13,16-17H,5-6,11-12H2,1-4H3. The molecule has 0 saturated heterocycles. The Kier molecular flexibility index (Phi) is 7.85. The number of nitrogens with one attached hydrogen (secondary N) is 1. The molecule has 0 spiro atoms. The van der Waals surface area contributed by atoms with Crippen LogP contribution in [0.3, 0.4) is 0 Å². The number of ether oxygens (including phenoxy) is 1. The van der Waals surface area contributed by atoms with Crippen molar-refractivity contribution >= 4 is 10.8 Å². The van der Waals surface area contributed by atoms with Gasteiger partial charge in [0.1, 0.15) is 5.75 Å². The van der Waals surface area contributed by atoms with Gasteiger partial charge in [-0.25, -0.2) is 0 Å². The molecule has 1 aromatic rings. The average molecular weight is 297 g/mol. The monoisotopic (exact) mass is 297 g/mol. The Balaban J connectivity index is 2.73. The van der Waals surface area contributed by atoms with Crippen molar-refractivity contribution in [3.05, 3.63) is 29.8 Å². The first-order valence-corrected chi connectivity index (χ1v) is 8.90. The maximum absolute atomic E-state index is 12.0. The van der Waals surface area contributed by atoms with E-state index in [9.17, 15) is 4.21 Å². The molecule has 114 valence electrons. The van der Waals surface area contributed by atoms with Crippen LogP contribution in [0.2, 0.25) is 0 Å². The predicted octanol–water partition coefficient (Wildman–Crippen LogP) is 3.28. The van der Waals surface area contributed by atoms with Gasteiger partial charge in [-0.15, -0.1) is 0 Å². The van der Waals surface area contributed by atoms with Gasteiger partial charge in [0.15, 0.2) is 0 Å². The Morgan fingerprint density at radius 1 is 1.20 bits per heavy atom. The van der Waals surface area contributed by atoms with Gasteiger partial charge >= 0.3 is 0 Å². The zero-order valence-electron chi connectivity index (χ0n) is 13.0. The van der Waals surface area contributed by atoms with Gasteiger partial charge in [-0.05, 0) is 44.5 Å². The third kappa shape index (κ3) is 6.06. The van der Waals surface area contributed by atoms with Crippen molar-refractivity contribution in [3.63, 3.8) is 0 Å². The van der Waals surface area contributed by atoms with Gasteiger partial charge in [-0.3, -0.25) is 4.21 Å². The molecule has 0 bridgehead atoms. The van der Waals surface area contributed by atoms with Crippen molar-refractivity contribution in [2.24, 2.45) is 0 Å². The van der Waals surface area contributed by atoms with Gasteiger partial charge in [0, 0.05) is 28.3 Å². The van der Waals surface area contributed by atoms with Crippen molar-refractivity contribution < 1.29 is 8.95 Å². The third-order valence-electron chi connectivity index (χ3n) is 2.89. The van der Waals surface area contributed by atoms with E-state index >= 15 is 0 Å². The summed E-state index contributed by atoms with van der Waals surface area (Å²) in [6.45, 7) is 9.05. The molecule has 1 N–H and O–H groups in total. The summed E-state index contributed by atoms with van der Waals surface area (Å²) in [4.78, 5) is 0. The van der Waals surface area contributed by atoms with Crippen LogP contribution in [0.25, 0.3) is 0 Å². The molecule has 1 aromatic carbocycles. The van der Waals surface area contributed by atoms with E-state index < -0.39 is 10.8 Å². The highest BCUT2D eigenvalue weighted by molar-refractivity contribution is 7.85. The topological polar surface area (TPSA) is 38.3 Å². The van der Waals surface area contributed by atoms with E-state index in [1.807, 2.05) is 26.0 Å². The minimum atomic E-state index is -0.760. The normalized spacial score (nSPS) is 14.2. The summed E-state index contributed by atoms with van der Waals surface area (Å²) in [6.07, 6.45) is 1.15. The Labute approximate surface area is 125 Å². The average Bonchev–Trinajstić information content (AvgIpc) is 2.39. The fourth-order valence-corrected chi connectivity index (χ4v) is 3.37. The summed E-state index contributed by atoms with van der Waals surface area (Å²) in [5, 5.41) is 3.41. The first-order chi connectivity index (χ1) is 9.56. The molecule has 0 amide bonds. The highest BCUT2D eigenvalue weighted by Gasteiger charge is 2.14. The quantitative estimate of drug-likeness (QED) is 0.760. The zero-order valence-corrected chi connectivity index (χ0v) is 13.8. The van der Waals surface area contributed by atoms with Gasteiger partial charge in [-0.1, -0.05) is 26.0 Å². The smallest absolute Gasteiger partial charge is 0.119 e. The van der Waals surface area contributed by atoms with Crippen LogP contribution in [0, 0.1) is 0 Å². The zero-order chi connectivity index (χ0) is 15.0. The highest BCUT2D eigenvalue weighted by atomic mass is 32.2. The SMILES string of the molecule is CCCS(=O)CC(NCC)c1ccc(OC(C)C)cc1. The van der Waals surface area contributed by atoms with Crippen molar-refractivity contribution in [1.29, 1.82) is 0 Å². The first-order valence-electron chi connectivity index (χ1n) is 7.41. The molecule has 0 fully saturated rings. The molecule has 0 heterocycles. The van der Waals surface area contributed by atoms with Crippen LogP contribution in [0.15, 0.2) is 24.3 Å². The summed E-state index contributed by atoms with van der Waals surface area (Å²) < 4.78 is 17.6. The second-order valence-electron chi connectivity index (χ2n) is 5.16. The van der Waals surface area contributed by atoms with Crippen LogP contribution in [0.5, 0.6) is 5.75 Å². The van der Waals surface area contributed by atoms with Gasteiger partial charge < -0.3 is 10.1 Å². The summed E-state index contributed by atoms with van der Waals surface area (Å²) >= 11 is 0. The minimum absolute atomic E-state index is 0.153. The van der Waals surface area contributed by atoms with Crippen LogP contribution in [0.4, 0.5) is 0 Å². The van der Waals surface area contributed by atoms with E-state index in [1.54, 1.807) is 0 Å². The van der Waals surface area contributed by atoms with Crippen LogP contribution in [0.1, 0.15) is 45.7 Å². The molecule has 20 heavy (non-hydrogen) atoms. The minimum Gasteiger partial charge on any atom is -0.491 e. The number of rotatable bonds is 9. The lowest BCUT2D eigenvalue weighted by molar-refractivity contribution is 0.242. The van der Waals surface area contributed by atoms with E-state index in [1.165, 1.54) is 5.56 Å². The van der Waals surface area contributed by atoms with Crippen molar-refractivity contribution in [3.8, 4) is 5.75 Å². The largest absolute Gasteiger partial charge is 0.491 e. The molecule has 2 unspecified atom stereocenters. The summed E-state index contributed by atoms with van der Waals surface area (Å²) in [7, 11) is -0.760. The molecule has 0 aliphatic rings. The van der Waals surface area contributed by atoms with Crippen molar-refractivity contribution in [2.45, 2.75) is 46.3 Å². The van der Waals surface area contributed by atoms with Crippen LogP contribution < -0.4 is 10.1 Å². The van der Waals surface area contributed by atoms with E-state index in [4.69, 9.17) is 4.74 Å². The lowest BCUT2D eigenvalue weighted by Gasteiger charge is -2.18. The van der Waals surface area contributed by atoms with Crippen LogP contribution >= 0.6 is 0 Å². The van der Waals surface area contributed by atoms with Gasteiger partial charge in [0.2, 0.25) is 0 Å². The van der Waals surface area contributed by atoms with E-state index in [-0.39, 0.29) is 12.1 Å². The lowest BCUT2D eigenvalue weighted by Crippen LogP contribution is -2.26. The Hall–Kier alpha value is -0.870. The fourth-order valence-electron chi connectivity index (χ4n) is 2.07. The maximum atomic E-state index is 12.0. The lowest BCUT2D eigenvalue weighted by atomic mass is 10.1. The molecule has 0 aliphatic heterocycles.